The predicted octanol–water partition coefficient (Wildman–Crippen LogP) is 0.514. The van der Waals surface area contributed by atoms with E-state index in [1.54, 1.807) is 0 Å². The molecule has 0 aromatic heterocycles. The molecule has 0 bridgehead atoms. The molecule has 0 saturated carbocycles. The van der Waals surface area contributed by atoms with Crippen LogP contribution in [0, 0.1) is 11.8 Å². The van der Waals surface area contributed by atoms with Crippen LogP contribution in [0.25, 0.3) is 0 Å². The lowest BCUT2D eigenvalue weighted by Gasteiger charge is -2.21. The minimum atomic E-state index is 0.155. The molecule has 3 N–H and O–H groups in total. The fourth-order valence-corrected chi connectivity index (χ4v) is 1.66. The van der Waals surface area contributed by atoms with Gasteiger partial charge in [-0.3, -0.25) is 4.79 Å². The molecule has 4 heteroatoms. The molecule has 0 spiro atoms. The minimum absolute atomic E-state index is 0.155. The first kappa shape index (κ1) is 12.5. The average Bonchev–Trinajstić information content (AvgIpc) is 2.27. The standard InChI is InChI=1S/C11H22N2O2/c1-9(7-12)8-13-11(14)6-10-2-4-15-5-3-10/h9-10H,2-8,12H2,1H3,(H,13,14). The summed E-state index contributed by atoms with van der Waals surface area (Å²) >= 11 is 0. The van der Waals surface area contributed by atoms with Gasteiger partial charge in [-0.1, -0.05) is 6.92 Å². The minimum Gasteiger partial charge on any atom is -0.381 e. The molecule has 1 amide bonds. The lowest BCUT2D eigenvalue weighted by atomic mass is 9.96. The van der Waals surface area contributed by atoms with E-state index in [2.05, 4.69) is 5.32 Å². The highest BCUT2D eigenvalue weighted by molar-refractivity contribution is 5.76. The van der Waals surface area contributed by atoms with Crippen molar-refractivity contribution < 1.29 is 9.53 Å². The van der Waals surface area contributed by atoms with Gasteiger partial charge in [0.1, 0.15) is 0 Å². The maximum Gasteiger partial charge on any atom is 0.220 e. The number of ether oxygens (including phenoxy) is 1. The molecule has 0 radical (unpaired) electrons. The fourth-order valence-electron chi connectivity index (χ4n) is 1.66. The van der Waals surface area contributed by atoms with Crippen LogP contribution in [0.15, 0.2) is 0 Å². The van der Waals surface area contributed by atoms with E-state index in [1.165, 1.54) is 0 Å². The SMILES string of the molecule is CC(CN)CNC(=O)CC1CCOCC1. The van der Waals surface area contributed by atoms with Crippen LogP contribution >= 0.6 is 0 Å². The van der Waals surface area contributed by atoms with Gasteiger partial charge in [-0.25, -0.2) is 0 Å². The second kappa shape index (κ2) is 6.80. The summed E-state index contributed by atoms with van der Waals surface area (Å²) in [4.78, 5) is 11.5. The molecule has 1 aliphatic rings. The Hall–Kier alpha value is -0.610. The Morgan fingerprint density at radius 3 is 2.80 bits per heavy atom. The zero-order valence-electron chi connectivity index (χ0n) is 9.50. The normalized spacial score (nSPS) is 19.9. The van der Waals surface area contributed by atoms with Crippen molar-refractivity contribution in [3.8, 4) is 0 Å². The van der Waals surface area contributed by atoms with Crippen molar-refractivity contribution in [1.29, 1.82) is 0 Å². The first-order valence-corrected chi connectivity index (χ1v) is 5.77. The molecular weight excluding hydrogens is 192 g/mol. The summed E-state index contributed by atoms with van der Waals surface area (Å²) in [6, 6.07) is 0. The molecule has 1 rings (SSSR count). The van der Waals surface area contributed by atoms with E-state index in [0.29, 0.717) is 31.3 Å². The van der Waals surface area contributed by atoms with Crippen LogP contribution in [0.2, 0.25) is 0 Å². The molecule has 1 heterocycles. The van der Waals surface area contributed by atoms with Gasteiger partial charge in [0, 0.05) is 26.2 Å². The molecule has 4 nitrogen and oxygen atoms in total. The summed E-state index contributed by atoms with van der Waals surface area (Å²) in [5.41, 5.74) is 5.47. The summed E-state index contributed by atoms with van der Waals surface area (Å²) < 4.78 is 5.25. The van der Waals surface area contributed by atoms with Crippen molar-refractivity contribution in [2.45, 2.75) is 26.2 Å². The zero-order chi connectivity index (χ0) is 11.1. The van der Waals surface area contributed by atoms with Crippen LogP contribution < -0.4 is 11.1 Å². The van der Waals surface area contributed by atoms with E-state index in [-0.39, 0.29) is 5.91 Å². The first-order chi connectivity index (χ1) is 7.22. The fraction of sp³-hybridized carbons (Fsp3) is 0.909. The maximum absolute atomic E-state index is 11.5. The van der Waals surface area contributed by atoms with Gasteiger partial charge in [-0.2, -0.15) is 0 Å². The first-order valence-electron chi connectivity index (χ1n) is 5.77. The quantitative estimate of drug-likeness (QED) is 0.701. The highest BCUT2D eigenvalue weighted by Crippen LogP contribution is 2.17. The predicted molar refractivity (Wildman–Crippen MR) is 59.4 cm³/mol. The van der Waals surface area contributed by atoms with Crippen molar-refractivity contribution >= 4 is 5.91 Å². The van der Waals surface area contributed by atoms with Gasteiger partial charge in [0.25, 0.3) is 0 Å². The largest absolute Gasteiger partial charge is 0.381 e. The molecule has 1 fully saturated rings. The zero-order valence-corrected chi connectivity index (χ0v) is 9.50. The lowest BCUT2D eigenvalue weighted by molar-refractivity contribution is -0.122. The van der Waals surface area contributed by atoms with E-state index < -0.39 is 0 Å². The number of carbonyl (C=O) groups excluding carboxylic acids is 1. The van der Waals surface area contributed by atoms with Gasteiger partial charge in [0.2, 0.25) is 5.91 Å². The number of carbonyl (C=O) groups is 1. The molecule has 1 atom stereocenters. The van der Waals surface area contributed by atoms with Crippen LogP contribution in [-0.2, 0) is 9.53 Å². The van der Waals surface area contributed by atoms with Gasteiger partial charge in [-0.05, 0) is 31.2 Å². The van der Waals surface area contributed by atoms with E-state index in [4.69, 9.17) is 10.5 Å². The highest BCUT2D eigenvalue weighted by atomic mass is 16.5. The number of amides is 1. The van der Waals surface area contributed by atoms with Crippen LogP contribution in [0.3, 0.4) is 0 Å². The van der Waals surface area contributed by atoms with Crippen molar-refractivity contribution in [1.82, 2.24) is 5.32 Å². The second-order valence-electron chi connectivity index (χ2n) is 4.40. The van der Waals surface area contributed by atoms with E-state index in [0.717, 1.165) is 26.1 Å². The van der Waals surface area contributed by atoms with Crippen LogP contribution in [-0.4, -0.2) is 32.2 Å². The third-order valence-corrected chi connectivity index (χ3v) is 2.87. The Balaban J connectivity index is 2.11. The van der Waals surface area contributed by atoms with Gasteiger partial charge in [-0.15, -0.1) is 0 Å². The van der Waals surface area contributed by atoms with E-state index >= 15 is 0 Å². The molecule has 0 aromatic carbocycles. The number of hydrogen-bond donors (Lipinski definition) is 2. The number of hydrogen-bond acceptors (Lipinski definition) is 3. The monoisotopic (exact) mass is 214 g/mol. The third-order valence-electron chi connectivity index (χ3n) is 2.87. The van der Waals surface area contributed by atoms with Crippen molar-refractivity contribution in [3.05, 3.63) is 0 Å². The Morgan fingerprint density at radius 1 is 1.53 bits per heavy atom. The van der Waals surface area contributed by atoms with E-state index in [1.807, 2.05) is 6.92 Å². The third kappa shape index (κ3) is 5.14. The molecule has 1 saturated heterocycles. The summed E-state index contributed by atoms with van der Waals surface area (Å²) in [5, 5.41) is 2.92. The Kier molecular flexibility index (Phi) is 5.65. The van der Waals surface area contributed by atoms with Gasteiger partial charge >= 0.3 is 0 Å². The summed E-state index contributed by atoms with van der Waals surface area (Å²) in [5.74, 6) is 1.03. The number of nitrogens with two attached hydrogens (primary N) is 1. The topological polar surface area (TPSA) is 64.3 Å². The Labute approximate surface area is 91.5 Å². The molecule has 1 unspecified atom stereocenters. The van der Waals surface area contributed by atoms with Crippen molar-refractivity contribution in [2.24, 2.45) is 17.6 Å². The number of nitrogens with one attached hydrogen (secondary N) is 1. The highest BCUT2D eigenvalue weighted by Gasteiger charge is 2.17. The van der Waals surface area contributed by atoms with Crippen LogP contribution in [0.4, 0.5) is 0 Å². The molecular formula is C11H22N2O2. The van der Waals surface area contributed by atoms with Gasteiger partial charge < -0.3 is 15.8 Å². The summed E-state index contributed by atoms with van der Waals surface area (Å²) in [6.07, 6.45) is 2.67. The Morgan fingerprint density at radius 2 is 2.20 bits per heavy atom. The molecule has 1 aliphatic heterocycles. The molecule has 0 aliphatic carbocycles. The molecule has 0 aromatic rings. The van der Waals surface area contributed by atoms with Crippen molar-refractivity contribution in [3.63, 3.8) is 0 Å². The van der Waals surface area contributed by atoms with Crippen LogP contribution in [0.5, 0.6) is 0 Å². The van der Waals surface area contributed by atoms with Crippen LogP contribution in [0.1, 0.15) is 26.2 Å². The average molecular weight is 214 g/mol. The summed E-state index contributed by atoms with van der Waals surface area (Å²) in [6.45, 7) is 4.96. The summed E-state index contributed by atoms with van der Waals surface area (Å²) in [7, 11) is 0. The molecule has 88 valence electrons. The Bertz CT molecular complexity index is 191. The maximum atomic E-state index is 11.5. The van der Waals surface area contributed by atoms with Gasteiger partial charge in [0.05, 0.1) is 0 Å². The van der Waals surface area contributed by atoms with Gasteiger partial charge in [0.15, 0.2) is 0 Å². The molecule has 15 heavy (non-hydrogen) atoms. The van der Waals surface area contributed by atoms with Crippen molar-refractivity contribution in [2.75, 3.05) is 26.3 Å². The number of rotatable bonds is 5. The smallest absolute Gasteiger partial charge is 0.220 e. The second-order valence-corrected chi connectivity index (χ2v) is 4.40. The lowest BCUT2D eigenvalue weighted by Crippen LogP contribution is -2.33. The van der Waals surface area contributed by atoms with E-state index in [9.17, 15) is 4.79 Å².